The molecule has 1 N–H and O–H groups in total. The van der Waals surface area contributed by atoms with Gasteiger partial charge in [0, 0.05) is 6.54 Å². The fraction of sp³-hybridized carbons (Fsp3) is 0.462. The molecule has 0 heterocycles. The van der Waals surface area contributed by atoms with Gasteiger partial charge in [-0.05, 0) is 36.6 Å². The van der Waals surface area contributed by atoms with Crippen LogP contribution in [0.15, 0.2) is 18.2 Å². The highest BCUT2D eigenvalue weighted by atomic mass is 19.1. The number of halogens is 1. The Hall–Kier alpha value is -1.58. The minimum Gasteiger partial charge on any atom is -0.484 e. The van der Waals surface area contributed by atoms with Crippen molar-refractivity contribution in [3.05, 3.63) is 29.6 Å². The van der Waals surface area contributed by atoms with Crippen LogP contribution in [0.3, 0.4) is 0 Å². The molecule has 4 heteroatoms. The van der Waals surface area contributed by atoms with Gasteiger partial charge in [0.1, 0.15) is 11.6 Å². The van der Waals surface area contributed by atoms with Crippen molar-refractivity contribution in [2.24, 2.45) is 5.92 Å². The highest BCUT2D eigenvalue weighted by Crippen LogP contribution is 2.15. The summed E-state index contributed by atoms with van der Waals surface area (Å²) in [7, 11) is 0. The van der Waals surface area contributed by atoms with E-state index < -0.39 is 0 Å². The van der Waals surface area contributed by atoms with Crippen molar-refractivity contribution in [2.75, 3.05) is 13.2 Å². The molecule has 1 aromatic carbocycles. The van der Waals surface area contributed by atoms with Gasteiger partial charge in [0.2, 0.25) is 0 Å². The second kappa shape index (κ2) is 6.23. The Morgan fingerprint density at radius 1 is 1.47 bits per heavy atom. The Bertz CT molecular complexity index is 391. The molecular weight excluding hydrogens is 221 g/mol. The molecule has 0 fully saturated rings. The molecule has 0 saturated carbocycles. The normalized spacial score (nSPS) is 10.4. The first-order chi connectivity index (χ1) is 7.99. The summed E-state index contributed by atoms with van der Waals surface area (Å²) >= 11 is 0. The lowest BCUT2D eigenvalue weighted by molar-refractivity contribution is -0.123. The molecule has 0 spiro atoms. The van der Waals surface area contributed by atoms with E-state index in [4.69, 9.17) is 4.74 Å². The predicted octanol–water partition coefficient (Wildman–Crippen LogP) is 2.29. The second-order valence-corrected chi connectivity index (χ2v) is 4.40. The first kappa shape index (κ1) is 13.5. The molecule has 94 valence electrons. The van der Waals surface area contributed by atoms with E-state index in [1.54, 1.807) is 13.0 Å². The number of ether oxygens (including phenoxy) is 1. The van der Waals surface area contributed by atoms with Crippen molar-refractivity contribution < 1.29 is 13.9 Å². The van der Waals surface area contributed by atoms with Gasteiger partial charge in [-0.1, -0.05) is 13.8 Å². The van der Waals surface area contributed by atoms with E-state index in [0.717, 1.165) is 0 Å². The van der Waals surface area contributed by atoms with Crippen LogP contribution in [0.2, 0.25) is 0 Å². The van der Waals surface area contributed by atoms with E-state index in [1.165, 1.54) is 12.1 Å². The summed E-state index contributed by atoms with van der Waals surface area (Å²) in [6, 6.07) is 4.42. The van der Waals surface area contributed by atoms with Crippen molar-refractivity contribution in [2.45, 2.75) is 20.8 Å². The number of rotatable bonds is 5. The first-order valence-corrected chi connectivity index (χ1v) is 5.64. The van der Waals surface area contributed by atoms with Crippen molar-refractivity contribution in [3.63, 3.8) is 0 Å². The summed E-state index contributed by atoms with van der Waals surface area (Å²) in [4.78, 5) is 11.4. The summed E-state index contributed by atoms with van der Waals surface area (Å²) in [6.07, 6.45) is 0. The van der Waals surface area contributed by atoms with E-state index >= 15 is 0 Å². The summed E-state index contributed by atoms with van der Waals surface area (Å²) < 4.78 is 18.2. The maximum absolute atomic E-state index is 13.0. The smallest absolute Gasteiger partial charge is 0.257 e. The lowest BCUT2D eigenvalue weighted by atomic mass is 10.2. The standard InChI is InChI=1S/C13H18FNO2/c1-9(2)7-15-13(16)8-17-11-4-5-12(14)10(3)6-11/h4-6,9H,7-8H2,1-3H3,(H,15,16). The Labute approximate surface area is 101 Å². The monoisotopic (exact) mass is 239 g/mol. The fourth-order valence-electron chi connectivity index (χ4n) is 1.22. The quantitative estimate of drug-likeness (QED) is 0.856. The van der Waals surface area contributed by atoms with Crippen molar-refractivity contribution in [1.29, 1.82) is 0 Å². The number of carbonyl (C=O) groups excluding carboxylic acids is 1. The Morgan fingerprint density at radius 2 is 2.18 bits per heavy atom. The third-order valence-corrected chi connectivity index (χ3v) is 2.21. The maximum Gasteiger partial charge on any atom is 0.257 e. The summed E-state index contributed by atoms with van der Waals surface area (Å²) in [6.45, 7) is 6.28. The average molecular weight is 239 g/mol. The van der Waals surface area contributed by atoms with Gasteiger partial charge in [-0.2, -0.15) is 0 Å². The van der Waals surface area contributed by atoms with E-state index in [2.05, 4.69) is 5.32 Å². The molecule has 0 aliphatic carbocycles. The molecule has 1 amide bonds. The molecule has 0 saturated heterocycles. The lowest BCUT2D eigenvalue weighted by Gasteiger charge is -2.09. The molecule has 0 aliphatic heterocycles. The van der Waals surface area contributed by atoms with Crippen LogP contribution in [0.1, 0.15) is 19.4 Å². The van der Waals surface area contributed by atoms with Gasteiger partial charge in [0.25, 0.3) is 5.91 Å². The molecule has 1 rings (SSSR count). The first-order valence-electron chi connectivity index (χ1n) is 5.64. The van der Waals surface area contributed by atoms with E-state index in [0.29, 0.717) is 23.8 Å². The largest absolute Gasteiger partial charge is 0.484 e. The zero-order chi connectivity index (χ0) is 12.8. The van der Waals surface area contributed by atoms with Crippen LogP contribution in [0.5, 0.6) is 5.75 Å². The van der Waals surface area contributed by atoms with Crippen molar-refractivity contribution in [1.82, 2.24) is 5.32 Å². The number of benzene rings is 1. The SMILES string of the molecule is Cc1cc(OCC(=O)NCC(C)C)ccc1F. The van der Waals surface area contributed by atoms with Gasteiger partial charge in [-0.25, -0.2) is 4.39 Å². The molecule has 0 unspecified atom stereocenters. The molecule has 0 bridgehead atoms. The molecule has 0 radical (unpaired) electrons. The van der Waals surface area contributed by atoms with Gasteiger partial charge < -0.3 is 10.1 Å². The number of amides is 1. The predicted molar refractivity (Wildman–Crippen MR) is 64.5 cm³/mol. The number of nitrogens with one attached hydrogen (secondary N) is 1. The molecule has 0 atom stereocenters. The van der Waals surface area contributed by atoms with Crippen molar-refractivity contribution in [3.8, 4) is 5.75 Å². The Morgan fingerprint density at radius 3 is 2.76 bits per heavy atom. The van der Waals surface area contributed by atoms with Crippen LogP contribution in [0.4, 0.5) is 4.39 Å². The molecule has 0 aromatic heterocycles. The van der Waals surface area contributed by atoms with Crippen LogP contribution in [-0.4, -0.2) is 19.1 Å². The number of hydrogen-bond acceptors (Lipinski definition) is 2. The van der Waals surface area contributed by atoms with E-state index in [-0.39, 0.29) is 18.3 Å². The minimum absolute atomic E-state index is 0.0439. The third-order valence-electron chi connectivity index (χ3n) is 2.21. The average Bonchev–Trinajstić information content (AvgIpc) is 2.28. The van der Waals surface area contributed by atoms with E-state index in [9.17, 15) is 9.18 Å². The molecule has 3 nitrogen and oxygen atoms in total. The Kier molecular flexibility index (Phi) is 4.94. The topological polar surface area (TPSA) is 38.3 Å². The third kappa shape index (κ3) is 4.85. The lowest BCUT2D eigenvalue weighted by Crippen LogP contribution is -2.31. The summed E-state index contributed by atoms with van der Waals surface area (Å²) in [5, 5.41) is 2.74. The minimum atomic E-state index is -0.276. The van der Waals surface area contributed by atoms with Crippen LogP contribution >= 0.6 is 0 Å². The van der Waals surface area contributed by atoms with Gasteiger partial charge in [0.15, 0.2) is 6.61 Å². The van der Waals surface area contributed by atoms with Gasteiger partial charge in [-0.15, -0.1) is 0 Å². The number of carbonyl (C=O) groups is 1. The van der Waals surface area contributed by atoms with Crippen LogP contribution in [0, 0.1) is 18.7 Å². The number of aryl methyl sites for hydroxylation is 1. The highest BCUT2D eigenvalue weighted by Gasteiger charge is 2.04. The van der Waals surface area contributed by atoms with Crippen molar-refractivity contribution >= 4 is 5.91 Å². The summed E-state index contributed by atoms with van der Waals surface area (Å²) in [5.74, 6) is 0.470. The highest BCUT2D eigenvalue weighted by molar-refractivity contribution is 5.77. The van der Waals surface area contributed by atoms with Gasteiger partial charge in [-0.3, -0.25) is 4.79 Å². The maximum atomic E-state index is 13.0. The van der Waals surface area contributed by atoms with Gasteiger partial charge >= 0.3 is 0 Å². The van der Waals surface area contributed by atoms with Crippen LogP contribution in [0.25, 0.3) is 0 Å². The fourth-order valence-corrected chi connectivity index (χ4v) is 1.22. The molecule has 1 aromatic rings. The molecule has 0 aliphatic rings. The zero-order valence-corrected chi connectivity index (χ0v) is 10.4. The summed E-state index contributed by atoms with van der Waals surface area (Å²) in [5.41, 5.74) is 0.505. The molecule has 17 heavy (non-hydrogen) atoms. The number of hydrogen-bond donors (Lipinski definition) is 1. The second-order valence-electron chi connectivity index (χ2n) is 4.40. The van der Waals surface area contributed by atoms with Crippen LogP contribution in [-0.2, 0) is 4.79 Å². The van der Waals surface area contributed by atoms with Gasteiger partial charge in [0.05, 0.1) is 0 Å². The zero-order valence-electron chi connectivity index (χ0n) is 10.4. The Balaban J connectivity index is 2.39. The molecular formula is C13H18FNO2. The van der Waals surface area contributed by atoms with E-state index in [1.807, 2.05) is 13.8 Å². The van der Waals surface area contributed by atoms with Crippen LogP contribution < -0.4 is 10.1 Å².